The lowest BCUT2D eigenvalue weighted by Crippen LogP contribution is -2.35. The summed E-state index contributed by atoms with van der Waals surface area (Å²) in [5.74, 6) is -0.923. The van der Waals surface area contributed by atoms with Crippen molar-refractivity contribution < 1.29 is 19.0 Å². The first-order chi connectivity index (χ1) is 14.0. The molecule has 0 aromatic heterocycles. The average Bonchev–Trinajstić information content (AvgIpc) is 2.72. The van der Waals surface area contributed by atoms with Crippen molar-refractivity contribution in [1.82, 2.24) is 10.2 Å². The van der Waals surface area contributed by atoms with E-state index in [4.69, 9.17) is 16.3 Å². The number of halogens is 2. The van der Waals surface area contributed by atoms with Crippen molar-refractivity contribution in [3.8, 4) is 0 Å². The van der Waals surface area contributed by atoms with Gasteiger partial charge in [0.25, 0.3) is 0 Å². The molecule has 2 aromatic rings. The van der Waals surface area contributed by atoms with Crippen LogP contribution in [0.4, 0.5) is 4.39 Å². The van der Waals surface area contributed by atoms with Gasteiger partial charge in [0.05, 0.1) is 25.9 Å². The molecule has 3 rings (SSSR count). The topological polar surface area (TPSA) is 61.8 Å². The highest BCUT2D eigenvalue weighted by Gasteiger charge is 2.15. The van der Waals surface area contributed by atoms with E-state index in [0.29, 0.717) is 5.02 Å². The summed E-state index contributed by atoms with van der Waals surface area (Å²) in [5.41, 5.74) is 2.19. The zero-order chi connectivity index (χ0) is 20.6. The minimum atomic E-state index is -0.549. The molecule has 1 unspecified atom stereocenters. The first kappa shape index (κ1) is 21.5. The van der Waals surface area contributed by atoms with E-state index in [2.05, 4.69) is 10.2 Å². The Balaban J connectivity index is 1.63. The van der Waals surface area contributed by atoms with Gasteiger partial charge in [-0.05, 0) is 29.3 Å². The molecule has 2 N–H and O–H groups in total. The van der Waals surface area contributed by atoms with E-state index in [9.17, 15) is 14.3 Å². The average molecular weight is 419 g/mol. The highest BCUT2D eigenvalue weighted by molar-refractivity contribution is 6.30. The molecule has 5 nitrogen and oxygen atoms in total. The Kier molecular flexibility index (Phi) is 7.77. The number of nitrogens with zero attached hydrogens (tertiary/aromatic N) is 1. The molecular formula is C22H24ClFN2O3. The number of amides is 1. The van der Waals surface area contributed by atoms with Crippen LogP contribution in [0.5, 0.6) is 0 Å². The minimum Gasteiger partial charge on any atom is -0.394 e. The summed E-state index contributed by atoms with van der Waals surface area (Å²) < 4.78 is 19.2. The summed E-state index contributed by atoms with van der Waals surface area (Å²) in [6.45, 7) is 3.78. The molecule has 1 fully saturated rings. The maximum atomic E-state index is 13.8. The Morgan fingerprint density at radius 2 is 2.07 bits per heavy atom. The molecule has 0 aliphatic carbocycles. The number of nitrogens with one attached hydrogen (secondary N) is 1. The molecule has 1 aliphatic rings. The Morgan fingerprint density at radius 3 is 2.79 bits per heavy atom. The molecule has 1 amide bonds. The summed E-state index contributed by atoms with van der Waals surface area (Å²) in [5, 5.41) is 12.8. The lowest BCUT2D eigenvalue weighted by molar-refractivity contribution is -0.117. The normalized spacial score (nSPS) is 16.1. The van der Waals surface area contributed by atoms with Crippen molar-refractivity contribution in [2.75, 3.05) is 32.9 Å². The van der Waals surface area contributed by atoms with Gasteiger partial charge in [0, 0.05) is 36.3 Å². The van der Waals surface area contributed by atoms with E-state index < -0.39 is 17.8 Å². The number of rotatable bonds is 7. The van der Waals surface area contributed by atoms with Crippen LogP contribution in [0.25, 0.3) is 6.08 Å². The first-order valence-corrected chi connectivity index (χ1v) is 9.86. The second-order valence-electron chi connectivity index (χ2n) is 6.88. The Morgan fingerprint density at radius 1 is 1.28 bits per heavy atom. The fourth-order valence-electron chi connectivity index (χ4n) is 3.18. The third-order valence-corrected chi connectivity index (χ3v) is 4.97. The number of aliphatic hydroxyl groups is 1. The van der Waals surface area contributed by atoms with Crippen LogP contribution in [0.15, 0.2) is 48.5 Å². The first-order valence-electron chi connectivity index (χ1n) is 9.48. The molecule has 1 heterocycles. The number of hydrogen-bond donors (Lipinski definition) is 2. The van der Waals surface area contributed by atoms with Crippen molar-refractivity contribution >= 4 is 23.6 Å². The fraction of sp³-hybridized carbons (Fsp3) is 0.318. The lowest BCUT2D eigenvalue weighted by Gasteiger charge is -2.27. The van der Waals surface area contributed by atoms with Crippen LogP contribution in [0.3, 0.4) is 0 Å². The van der Waals surface area contributed by atoms with E-state index in [0.717, 1.165) is 44.0 Å². The summed E-state index contributed by atoms with van der Waals surface area (Å²) in [6, 6.07) is 11.5. The van der Waals surface area contributed by atoms with E-state index in [1.807, 2.05) is 24.3 Å². The zero-order valence-electron chi connectivity index (χ0n) is 16.0. The summed E-state index contributed by atoms with van der Waals surface area (Å²) in [6.07, 6.45) is 2.62. The molecule has 29 heavy (non-hydrogen) atoms. The van der Waals surface area contributed by atoms with Gasteiger partial charge in [-0.2, -0.15) is 0 Å². The van der Waals surface area contributed by atoms with Crippen LogP contribution in [-0.4, -0.2) is 48.8 Å². The smallest absolute Gasteiger partial charge is 0.244 e. The van der Waals surface area contributed by atoms with Gasteiger partial charge in [0.15, 0.2) is 0 Å². The predicted octanol–water partition coefficient (Wildman–Crippen LogP) is 3.17. The van der Waals surface area contributed by atoms with Gasteiger partial charge >= 0.3 is 0 Å². The molecule has 0 spiro atoms. The molecule has 1 saturated heterocycles. The SMILES string of the molecule is O=C(/C=C/c1ccc(Cl)cc1F)NC(CO)c1cccc(CN2CCOCC2)c1. The maximum Gasteiger partial charge on any atom is 0.244 e. The third kappa shape index (κ3) is 6.37. The summed E-state index contributed by atoms with van der Waals surface area (Å²) in [4.78, 5) is 14.6. The second kappa shape index (κ2) is 10.5. The van der Waals surface area contributed by atoms with E-state index in [1.54, 1.807) is 6.07 Å². The molecule has 1 atom stereocenters. The molecule has 0 bridgehead atoms. The van der Waals surface area contributed by atoms with Gasteiger partial charge in [-0.3, -0.25) is 9.69 Å². The Hall–Kier alpha value is -2.25. The molecule has 2 aromatic carbocycles. The quantitative estimate of drug-likeness (QED) is 0.678. The van der Waals surface area contributed by atoms with Crippen molar-refractivity contribution in [1.29, 1.82) is 0 Å². The van der Waals surface area contributed by atoms with E-state index in [-0.39, 0.29) is 12.2 Å². The van der Waals surface area contributed by atoms with Crippen LogP contribution in [0, 0.1) is 5.82 Å². The largest absolute Gasteiger partial charge is 0.394 e. The van der Waals surface area contributed by atoms with E-state index >= 15 is 0 Å². The van der Waals surface area contributed by atoms with Crippen molar-refractivity contribution in [3.63, 3.8) is 0 Å². The number of carbonyl (C=O) groups is 1. The van der Waals surface area contributed by atoms with Crippen LogP contribution in [0.2, 0.25) is 5.02 Å². The van der Waals surface area contributed by atoms with Crippen molar-refractivity contribution in [2.45, 2.75) is 12.6 Å². The highest BCUT2D eigenvalue weighted by atomic mass is 35.5. The van der Waals surface area contributed by atoms with Gasteiger partial charge in [-0.1, -0.05) is 41.9 Å². The van der Waals surface area contributed by atoms with E-state index in [1.165, 1.54) is 24.3 Å². The number of morpholine rings is 1. The Labute approximate surface area is 174 Å². The van der Waals surface area contributed by atoms with Gasteiger partial charge in [0.2, 0.25) is 5.91 Å². The lowest BCUT2D eigenvalue weighted by atomic mass is 10.0. The third-order valence-electron chi connectivity index (χ3n) is 4.74. The number of aliphatic hydroxyl groups excluding tert-OH is 1. The highest BCUT2D eigenvalue weighted by Crippen LogP contribution is 2.18. The molecule has 0 radical (unpaired) electrons. The Bertz CT molecular complexity index is 869. The second-order valence-corrected chi connectivity index (χ2v) is 7.31. The molecule has 1 aliphatic heterocycles. The summed E-state index contributed by atoms with van der Waals surface area (Å²) in [7, 11) is 0. The molecule has 7 heteroatoms. The monoisotopic (exact) mass is 418 g/mol. The number of hydrogen-bond acceptors (Lipinski definition) is 4. The number of carbonyl (C=O) groups excluding carboxylic acids is 1. The van der Waals surface area contributed by atoms with Crippen LogP contribution >= 0.6 is 11.6 Å². The zero-order valence-corrected chi connectivity index (χ0v) is 16.7. The van der Waals surface area contributed by atoms with Crippen molar-refractivity contribution in [2.24, 2.45) is 0 Å². The van der Waals surface area contributed by atoms with Crippen LogP contribution in [0.1, 0.15) is 22.7 Å². The van der Waals surface area contributed by atoms with Gasteiger partial charge < -0.3 is 15.2 Å². The van der Waals surface area contributed by atoms with Gasteiger partial charge in [-0.15, -0.1) is 0 Å². The molecule has 0 saturated carbocycles. The predicted molar refractivity (Wildman–Crippen MR) is 111 cm³/mol. The van der Waals surface area contributed by atoms with Crippen molar-refractivity contribution in [3.05, 3.63) is 76.1 Å². The van der Waals surface area contributed by atoms with Gasteiger partial charge in [0.1, 0.15) is 5.82 Å². The maximum absolute atomic E-state index is 13.8. The van der Waals surface area contributed by atoms with Crippen LogP contribution < -0.4 is 5.32 Å². The molecular weight excluding hydrogens is 395 g/mol. The summed E-state index contributed by atoms with van der Waals surface area (Å²) >= 11 is 5.73. The number of benzene rings is 2. The van der Waals surface area contributed by atoms with Gasteiger partial charge in [-0.25, -0.2) is 4.39 Å². The van der Waals surface area contributed by atoms with Crippen LogP contribution in [-0.2, 0) is 16.1 Å². The standard InChI is InChI=1S/C22H24ClFN2O3/c23-19-6-4-17(20(24)13-19)5-7-22(28)25-21(15-27)18-3-1-2-16(12-18)14-26-8-10-29-11-9-26/h1-7,12-13,21,27H,8-11,14-15H2,(H,25,28)/b7-5+. The minimum absolute atomic E-state index is 0.240. The molecule has 154 valence electrons. The fourth-order valence-corrected chi connectivity index (χ4v) is 3.34. The number of ether oxygens (including phenoxy) is 1.